The normalized spacial score (nSPS) is 34.0. The van der Waals surface area contributed by atoms with Crippen molar-refractivity contribution in [1.82, 2.24) is 4.90 Å². The van der Waals surface area contributed by atoms with Crippen LogP contribution in [0.25, 0.3) is 0 Å². The highest BCUT2D eigenvalue weighted by atomic mass is 16.1. The molecule has 1 aliphatic rings. The number of piperidine rings is 1. The molecule has 2 unspecified atom stereocenters. The topological polar surface area (TPSA) is 46.3 Å². The molecule has 0 aromatic rings. The van der Waals surface area contributed by atoms with Gasteiger partial charge in [-0.15, -0.1) is 0 Å². The Hall–Kier alpha value is -0.570. The number of hydrogen-bond acceptors (Lipinski definition) is 2. The van der Waals surface area contributed by atoms with E-state index in [9.17, 15) is 4.79 Å². The molecule has 3 nitrogen and oxygen atoms in total. The van der Waals surface area contributed by atoms with Gasteiger partial charge in [0.05, 0.1) is 0 Å². The fourth-order valence-corrected chi connectivity index (χ4v) is 1.38. The maximum atomic E-state index is 10.4. The molecule has 0 aliphatic carbocycles. The van der Waals surface area contributed by atoms with Crippen molar-refractivity contribution in [2.75, 3.05) is 6.54 Å². The van der Waals surface area contributed by atoms with Gasteiger partial charge in [-0.3, -0.25) is 4.79 Å². The van der Waals surface area contributed by atoms with Crippen LogP contribution in [0.5, 0.6) is 0 Å². The number of hydrogen-bond donors (Lipinski definition) is 1. The lowest BCUT2D eigenvalue weighted by molar-refractivity contribution is -0.121. The molecule has 2 N–H and O–H groups in total. The van der Waals surface area contributed by atoms with Crippen molar-refractivity contribution in [3.05, 3.63) is 0 Å². The molecule has 1 saturated heterocycles. The Bertz CT molecular complexity index is 127. The lowest BCUT2D eigenvalue weighted by atomic mass is 10.0. The number of carbonyl (C=O) groups excluding carboxylic acids is 1. The van der Waals surface area contributed by atoms with Crippen LogP contribution in [0.3, 0.4) is 0 Å². The summed E-state index contributed by atoms with van der Waals surface area (Å²) in [5.74, 6) is 0. The molecule has 1 rings (SSSR count). The van der Waals surface area contributed by atoms with Crippen LogP contribution in [-0.4, -0.2) is 29.9 Å². The molecular formula is C7H14N2O. The molecule has 0 aromatic heterocycles. The van der Waals surface area contributed by atoms with E-state index < -0.39 is 0 Å². The van der Waals surface area contributed by atoms with Gasteiger partial charge < -0.3 is 10.6 Å². The summed E-state index contributed by atoms with van der Waals surface area (Å²) in [6.07, 6.45) is 2.80. The molecule has 0 spiro atoms. The monoisotopic (exact) mass is 142 g/mol. The first kappa shape index (κ1) is 7.54. The second-order valence-electron chi connectivity index (χ2n) is 2.98. The average Bonchev–Trinajstić information content (AvgIpc) is 1.88. The number of nitrogens with zero attached hydrogens (tertiary/aromatic N) is 1. The Balaban J connectivity index is 2.43. The van der Waals surface area contributed by atoms with Crippen molar-refractivity contribution in [3.8, 4) is 0 Å². The highest BCUT2D eigenvalue weighted by Crippen LogP contribution is 2.13. The van der Waals surface area contributed by atoms with Gasteiger partial charge in [0.25, 0.3) is 0 Å². The zero-order valence-electron chi connectivity index (χ0n) is 6.29. The Labute approximate surface area is 61.2 Å². The van der Waals surface area contributed by atoms with E-state index in [4.69, 9.17) is 5.73 Å². The van der Waals surface area contributed by atoms with Gasteiger partial charge in [0.2, 0.25) is 6.41 Å². The SMILES string of the molecule is CC1CC(N)CCN1C=O. The Morgan fingerprint density at radius 1 is 1.70 bits per heavy atom. The van der Waals surface area contributed by atoms with Crippen molar-refractivity contribution in [1.29, 1.82) is 0 Å². The van der Waals surface area contributed by atoms with Crippen LogP contribution < -0.4 is 5.73 Å². The fraction of sp³-hybridized carbons (Fsp3) is 0.857. The zero-order valence-corrected chi connectivity index (χ0v) is 6.29. The van der Waals surface area contributed by atoms with Crippen LogP contribution in [0.2, 0.25) is 0 Å². The van der Waals surface area contributed by atoms with E-state index in [2.05, 4.69) is 0 Å². The molecule has 1 heterocycles. The van der Waals surface area contributed by atoms with Crippen LogP contribution in [0.4, 0.5) is 0 Å². The van der Waals surface area contributed by atoms with Crippen molar-refractivity contribution < 1.29 is 4.79 Å². The zero-order chi connectivity index (χ0) is 7.56. The first-order chi connectivity index (χ1) is 4.74. The van der Waals surface area contributed by atoms with E-state index >= 15 is 0 Å². The van der Waals surface area contributed by atoms with E-state index in [1.54, 1.807) is 0 Å². The summed E-state index contributed by atoms with van der Waals surface area (Å²) in [7, 11) is 0. The summed E-state index contributed by atoms with van der Waals surface area (Å²) in [6, 6.07) is 0.632. The van der Waals surface area contributed by atoms with Crippen molar-refractivity contribution in [2.24, 2.45) is 5.73 Å². The van der Waals surface area contributed by atoms with Crippen LogP contribution in [0.15, 0.2) is 0 Å². The van der Waals surface area contributed by atoms with E-state index in [1.807, 2.05) is 11.8 Å². The molecule has 1 amide bonds. The molecule has 0 bridgehead atoms. The Morgan fingerprint density at radius 2 is 2.40 bits per heavy atom. The predicted molar refractivity (Wildman–Crippen MR) is 39.4 cm³/mol. The summed E-state index contributed by atoms with van der Waals surface area (Å²) in [4.78, 5) is 12.2. The fourth-order valence-electron chi connectivity index (χ4n) is 1.38. The minimum atomic E-state index is 0.297. The van der Waals surface area contributed by atoms with E-state index in [0.29, 0.717) is 12.1 Å². The molecule has 58 valence electrons. The van der Waals surface area contributed by atoms with Gasteiger partial charge in [0.1, 0.15) is 0 Å². The van der Waals surface area contributed by atoms with Crippen LogP contribution >= 0.6 is 0 Å². The van der Waals surface area contributed by atoms with E-state index in [0.717, 1.165) is 25.8 Å². The second-order valence-corrected chi connectivity index (χ2v) is 2.98. The van der Waals surface area contributed by atoms with Gasteiger partial charge in [-0.1, -0.05) is 0 Å². The third kappa shape index (κ3) is 1.48. The summed E-state index contributed by atoms with van der Waals surface area (Å²) in [6.45, 7) is 2.86. The number of amides is 1. The average molecular weight is 142 g/mol. The van der Waals surface area contributed by atoms with Crippen molar-refractivity contribution in [2.45, 2.75) is 31.8 Å². The third-order valence-electron chi connectivity index (χ3n) is 2.10. The lowest BCUT2D eigenvalue weighted by Crippen LogP contribution is -2.44. The van der Waals surface area contributed by atoms with Gasteiger partial charge >= 0.3 is 0 Å². The van der Waals surface area contributed by atoms with E-state index in [1.165, 1.54) is 0 Å². The second kappa shape index (κ2) is 3.01. The standard InChI is InChI=1S/C7H14N2O/c1-6-4-7(8)2-3-9(6)5-10/h5-7H,2-4,8H2,1H3. The van der Waals surface area contributed by atoms with Gasteiger partial charge in [-0.05, 0) is 19.8 Å². The van der Waals surface area contributed by atoms with Crippen LogP contribution in [0.1, 0.15) is 19.8 Å². The molecule has 0 saturated carbocycles. The quantitative estimate of drug-likeness (QED) is 0.522. The van der Waals surface area contributed by atoms with Gasteiger partial charge in [-0.25, -0.2) is 0 Å². The summed E-state index contributed by atoms with van der Waals surface area (Å²) < 4.78 is 0. The minimum Gasteiger partial charge on any atom is -0.342 e. The molecule has 3 heteroatoms. The number of nitrogens with two attached hydrogens (primary N) is 1. The van der Waals surface area contributed by atoms with Crippen molar-refractivity contribution in [3.63, 3.8) is 0 Å². The summed E-state index contributed by atoms with van der Waals surface area (Å²) in [5, 5.41) is 0. The highest BCUT2D eigenvalue weighted by molar-refractivity contribution is 5.47. The Kier molecular flexibility index (Phi) is 2.27. The number of carbonyl (C=O) groups is 1. The molecule has 0 radical (unpaired) electrons. The third-order valence-corrected chi connectivity index (χ3v) is 2.10. The molecule has 10 heavy (non-hydrogen) atoms. The van der Waals surface area contributed by atoms with Crippen molar-refractivity contribution >= 4 is 6.41 Å². The van der Waals surface area contributed by atoms with Crippen LogP contribution in [-0.2, 0) is 4.79 Å². The van der Waals surface area contributed by atoms with Gasteiger partial charge in [0, 0.05) is 18.6 Å². The number of likely N-dealkylation sites (tertiary alicyclic amines) is 1. The van der Waals surface area contributed by atoms with Gasteiger partial charge in [-0.2, -0.15) is 0 Å². The molecule has 0 aromatic carbocycles. The summed E-state index contributed by atoms with van der Waals surface area (Å²) in [5.41, 5.74) is 5.70. The number of rotatable bonds is 1. The molecular weight excluding hydrogens is 128 g/mol. The molecule has 2 atom stereocenters. The largest absolute Gasteiger partial charge is 0.342 e. The minimum absolute atomic E-state index is 0.297. The van der Waals surface area contributed by atoms with Crippen LogP contribution in [0, 0.1) is 0 Å². The summed E-state index contributed by atoms with van der Waals surface area (Å²) >= 11 is 0. The predicted octanol–water partition coefficient (Wildman–Crippen LogP) is -0.0456. The maximum absolute atomic E-state index is 10.4. The first-order valence-corrected chi connectivity index (χ1v) is 3.70. The highest BCUT2D eigenvalue weighted by Gasteiger charge is 2.20. The van der Waals surface area contributed by atoms with Gasteiger partial charge in [0.15, 0.2) is 0 Å². The smallest absolute Gasteiger partial charge is 0.209 e. The maximum Gasteiger partial charge on any atom is 0.209 e. The molecule has 1 aliphatic heterocycles. The van der Waals surface area contributed by atoms with E-state index in [-0.39, 0.29) is 0 Å². The first-order valence-electron chi connectivity index (χ1n) is 3.70. The Morgan fingerprint density at radius 3 is 2.90 bits per heavy atom. The molecule has 1 fully saturated rings. The lowest BCUT2D eigenvalue weighted by Gasteiger charge is -2.33.